The lowest BCUT2D eigenvalue weighted by atomic mass is 10.1. The van der Waals surface area contributed by atoms with Gasteiger partial charge in [0.15, 0.2) is 0 Å². The van der Waals surface area contributed by atoms with Gasteiger partial charge in [-0.2, -0.15) is 0 Å². The number of carbonyl (C=O) groups is 2. The molecule has 1 aromatic carbocycles. The number of nitrogens with zero attached hydrogens (tertiary/aromatic N) is 2. The van der Waals surface area contributed by atoms with E-state index in [9.17, 15) is 9.59 Å². The van der Waals surface area contributed by atoms with Crippen LogP contribution in [0.3, 0.4) is 0 Å². The average Bonchev–Trinajstić information content (AvgIpc) is 3.01. The summed E-state index contributed by atoms with van der Waals surface area (Å²) < 4.78 is 10.1. The van der Waals surface area contributed by atoms with E-state index in [0.29, 0.717) is 24.4 Å². The second-order valence-electron chi connectivity index (χ2n) is 6.61. The van der Waals surface area contributed by atoms with Crippen molar-refractivity contribution in [3.05, 3.63) is 41.5 Å². The Kier molecular flexibility index (Phi) is 6.32. The zero-order valence-electron chi connectivity index (χ0n) is 15.5. The van der Waals surface area contributed by atoms with Crippen molar-refractivity contribution in [2.75, 3.05) is 11.9 Å². The van der Waals surface area contributed by atoms with E-state index in [1.807, 2.05) is 45.0 Å². The van der Waals surface area contributed by atoms with E-state index in [-0.39, 0.29) is 12.4 Å². The Morgan fingerprint density at radius 3 is 2.62 bits per heavy atom. The Bertz CT molecular complexity index is 765. The molecule has 0 aliphatic carbocycles. The maximum absolute atomic E-state index is 12.0. The Hall–Kier alpha value is -2.90. The minimum Gasteiger partial charge on any atom is -0.460 e. The SMILES string of the molecule is CCOC(=O)c1n[nH]c(CCc2ccccc2NC(=O)OC(C)(C)C)n1. The fourth-order valence-corrected chi connectivity index (χ4v) is 2.22. The fourth-order valence-electron chi connectivity index (χ4n) is 2.22. The number of nitrogens with one attached hydrogen (secondary N) is 2. The molecule has 0 aliphatic heterocycles. The molecular weight excluding hydrogens is 336 g/mol. The van der Waals surface area contributed by atoms with Gasteiger partial charge in [0.2, 0.25) is 0 Å². The minimum atomic E-state index is -0.567. The van der Waals surface area contributed by atoms with Gasteiger partial charge in [-0.3, -0.25) is 10.4 Å². The number of hydrogen-bond donors (Lipinski definition) is 2. The number of amides is 1. The molecule has 8 nitrogen and oxygen atoms in total. The third kappa shape index (κ3) is 5.87. The predicted molar refractivity (Wildman–Crippen MR) is 96.0 cm³/mol. The lowest BCUT2D eigenvalue weighted by Gasteiger charge is -2.20. The number of carbonyl (C=O) groups excluding carboxylic acids is 2. The molecular formula is C18H24N4O4. The van der Waals surface area contributed by atoms with Crippen LogP contribution in [-0.4, -0.2) is 39.5 Å². The Morgan fingerprint density at radius 2 is 1.92 bits per heavy atom. The second kappa shape index (κ2) is 8.46. The van der Waals surface area contributed by atoms with Crippen molar-refractivity contribution in [1.82, 2.24) is 15.2 Å². The number of aryl methyl sites for hydroxylation is 2. The first-order chi connectivity index (χ1) is 12.3. The standard InChI is InChI=1S/C18H24N4O4/c1-5-25-16(23)15-20-14(21-22-15)11-10-12-8-6-7-9-13(12)19-17(24)26-18(2,3)4/h6-9H,5,10-11H2,1-4H3,(H,19,24)(H,20,21,22). The van der Waals surface area contributed by atoms with E-state index in [0.717, 1.165) is 5.56 Å². The maximum atomic E-state index is 12.0. The molecule has 8 heteroatoms. The number of para-hydroxylation sites is 1. The van der Waals surface area contributed by atoms with E-state index in [1.54, 1.807) is 6.92 Å². The Labute approximate surface area is 152 Å². The molecule has 0 unspecified atom stereocenters. The third-order valence-corrected chi connectivity index (χ3v) is 3.27. The van der Waals surface area contributed by atoms with E-state index >= 15 is 0 Å². The summed E-state index contributed by atoms with van der Waals surface area (Å²) in [6.07, 6.45) is 0.622. The number of benzene rings is 1. The van der Waals surface area contributed by atoms with Gasteiger partial charge in [0.1, 0.15) is 11.4 Å². The van der Waals surface area contributed by atoms with Crippen LogP contribution in [0.25, 0.3) is 0 Å². The number of rotatable bonds is 6. The molecule has 2 aromatic rings. The van der Waals surface area contributed by atoms with Crippen molar-refractivity contribution in [2.45, 2.75) is 46.1 Å². The smallest absolute Gasteiger partial charge is 0.412 e. The highest BCUT2D eigenvalue weighted by molar-refractivity contribution is 5.86. The number of H-pyrrole nitrogens is 1. The molecule has 26 heavy (non-hydrogen) atoms. The summed E-state index contributed by atoms with van der Waals surface area (Å²) >= 11 is 0. The summed E-state index contributed by atoms with van der Waals surface area (Å²) in [6.45, 7) is 7.42. The van der Waals surface area contributed by atoms with Crippen molar-refractivity contribution < 1.29 is 19.1 Å². The summed E-state index contributed by atoms with van der Waals surface area (Å²) in [5.74, 6) is 0.0316. The number of aromatic amines is 1. The minimum absolute atomic E-state index is 0.0158. The molecule has 0 saturated heterocycles. The fraction of sp³-hybridized carbons (Fsp3) is 0.444. The topological polar surface area (TPSA) is 106 Å². The summed E-state index contributed by atoms with van der Waals surface area (Å²) in [5.41, 5.74) is 1.03. The van der Waals surface area contributed by atoms with E-state index < -0.39 is 17.7 Å². The first-order valence-electron chi connectivity index (χ1n) is 8.45. The zero-order chi connectivity index (χ0) is 19.2. The number of hydrogen-bond acceptors (Lipinski definition) is 6. The highest BCUT2D eigenvalue weighted by Crippen LogP contribution is 2.18. The van der Waals surface area contributed by atoms with Crippen LogP contribution in [0.5, 0.6) is 0 Å². The van der Waals surface area contributed by atoms with Crippen molar-refractivity contribution >= 4 is 17.7 Å². The quantitative estimate of drug-likeness (QED) is 0.767. The normalized spacial score (nSPS) is 11.1. The van der Waals surface area contributed by atoms with Gasteiger partial charge in [0, 0.05) is 12.1 Å². The van der Waals surface area contributed by atoms with Gasteiger partial charge in [-0.1, -0.05) is 18.2 Å². The number of ether oxygens (including phenoxy) is 2. The molecule has 0 radical (unpaired) electrons. The van der Waals surface area contributed by atoms with Gasteiger partial charge in [-0.05, 0) is 45.7 Å². The molecule has 0 fully saturated rings. The van der Waals surface area contributed by atoms with Crippen LogP contribution in [0.2, 0.25) is 0 Å². The Balaban J connectivity index is 2.00. The summed E-state index contributed by atoms with van der Waals surface area (Å²) in [5, 5.41) is 9.35. The summed E-state index contributed by atoms with van der Waals surface area (Å²) in [4.78, 5) is 27.7. The van der Waals surface area contributed by atoms with Gasteiger partial charge < -0.3 is 9.47 Å². The molecule has 2 rings (SSSR count). The van der Waals surface area contributed by atoms with Crippen LogP contribution in [0.15, 0.2) is 24.3 Å². The summed E-state index contributed by atoms with van der Waals surface area (Å²) in [7, 11) is 0. The summed E-state index contributed by atoms with van der Waals surface area (Å²) in [6, 6.07) is 7.45. The van der Waals surface area contributed by atoms with Crippen molar-refractivity contribution in [1.29, 1.82) is 0 Å². The largest absolute Gasteiger partial charge is 0.460 e. The lowest BCUT2D eigenvalue weighted by Crippen LogP contribution is -2.27. The van der Waals surface area contributed by atoms with Crippen LogP contribution in [0, 0.1) is 0 Å². The van der Waals surface area contributed by atoms with Crippen molar-refractivity contribution in [2.24, 2.45) is 0 Å². The van der Waals surface area contributed by atoms with Crippen LogP contribution in [-0.2, 0) is 22.3 Å². The molecule has 0 saturated carbocycles. The van der Waals surface area contributed by atoms with Crippen LogP contribution < -0.4 is 5.32 Å². The number of esters is 1. The molecule has 1 aromatic heterocycles. The first-order valence-corrected chi connectivity index (χ1v) is 8.45. The van der Waals surface area contributed by atoms with E-state index in [4.69, 9.17) is 9.47 Å². The molecule has 2 N–H and O–H groups in total. The molecule has 0 spiro atoms. The lowest BCUT2D eigenvalue weighted by molar-refractivity contribution is 0.0511. The Morgan fingerprint density at radius 1 is 1.19 bits per heavy atom. The highest BCUT2D eigenvalue weighted by Gasteiger charge is 2.17. The van der Waals surface area contributed by atoms with Crippen molar-refractivity contribution in [3.8, 4) is 0 Å². The first kappa shape index (κ1) is 19.4. The van der Waals surface area contributed by atoms with Crippen LogP contribution in [0.1, 0.15) is 49.7 Å². The molecule has 0 atom stereocenters. The van der Waals surface area contributed by atoms with Gasteiger partial charge in [-0.15, -0.1) is 5.10 Å². The van der Waals surface area contributed by atoms with Crippen LogP contribution in [0.4, 0.5) is 10.5 Å². The van der Waals surface area contributed by atoms with Gasteiger partial charge in [0.05, 0.1) is 6.61 Å². The molecule has 0 bridgehead atoms. The van der Waals surface area contributed by atoms with Gasteiger partial charge >= 0.3 is 12.1 Å². The average molecular weight is 360 g/mol. The molecule has 0 aliphatic rings. The second-order valence-corrected chi connectivity index (χ2v) is 6.61. The maximum Gasteiger partial charge on any atom is 0.412 e. The van der Waals surface area contributed by atoms with E-state index in [2.05, 4.69) is 20.5 Å². The van der Waals surface area contributed by atoms with Crippen LogP contribution >= 0.6 is 0 Å². The number of aromatic nitrogens is 3. The monoisotopic (exact) mass is 360 g/mol. The highest BCUT2D eigenvalue weighted by atomic mass is 16.6. The van der Waals surface area contributed by atoms with Gasteiger partial charge in [0.25, 0.3) is 5.82 Å². The third-order valence-electron chi connectivity index (χ3n) is 3.27. The van der Waals surface area contributed by atoms with E-state index in [1.165, 1.54) is 0 Å². The zero-order valence-corrected chi connectivity index (χ0v) is 15.5. The number of anilines is 1. The molecule has 1 heterocycles. The van der Waals surface area contributed by atoms with Crippen molar-refractivity contribution in [3.63, 3.8) is 0 Å². The molecule has 140 valence electrons. The molecule has 1 amide bonds. The predicted octanol–water partition coefficient (Wildman–Crippen LogP) is 3.11. The van der Waals surface area contributed by atoms with Gasteiger partial charge in [-0.25, -0.2) is 14.6 Å².